The molecule has 0 saturated heterocycles. The van der Waals surface area contributed by atoms with Gasteiger partial charge in [0.05, 0.1) is 15.9 Å². The molecule has 3 heteroatoms. The molecular weight excluding hydrogens is 325 g/mol. The number of carbonyl (C=O) groups excluding carboxylic acids is 1. The van der Waals surface area contributed by atoms with Gasteiger partial charge < -0.3 is 0 Å². The molecule has 0 heterocycles. The van der Waals surface area contributed by atoms with E-state index in [4.69, 9.17) is 0 Å². The van der Waals surface area contributed by atoms with Crippen LogP contribution in [0.25, 0.3) is 0 Å². The summed E-state index contributed by atoms with van der Waals surface area (Å²) in [5, 5.41) is 9.21. The summed E-state index contributed by atoms with van der Waals surface area (Å²) in [6, 6.07) is 10.5. The summed E-state index contributed by atoms with van der Waals surface area (Å²) >= 11 is 2.30. The van der Waals surface area contributed by atoms with Crippen LogP contribution in [-0.4, -0.2) is 5.78 Å². The number of Topliss-reactive ketones (excluding diaryl/α,β-unsaturated/α-hetero) is 1. The van der Waals surface area contributed by atoms with Crippen molar-refractivity contribution in [3.8, 4) is 6.07 Å². The molecule has 88 valence electrons. The van der Waals surface area contributed by atoms with Gasteiger partial charge in [0.2, 0.25) is 0 Å². The summed E-state index contributed by atoms with van der Waals surface area (Å²) in [5.41, 5.74) is 2.52. The van der Waals surface area contributed by atoms with Crippen LogP contribution in [0.1, 0.15) is 34.3 Å². The van der Waals surface area contributed by atoms with Gasteiger partial charge in [0.25, 0.3) is 0 Å². The highest BCUT2D eigenvalue weighted by molar-refractivity contribution is 14.1. The highest BCUT2D eigenvalue weighted by Gasteiger charge is 2.26. The fraction of sp³-hybridized carbons (Fsp3) is 0.429. The third kappa shape index (κ3) is 2.86. The van der Waals surface area contributed by atoms with Crippen molar-refractivity contribution in [2.75, 3.05) is 0 Å². The lowest BCUT2D eigenvalue weighted by Crippen LogP contribution is -2.11. The molecule has 1 aliphatic carbocycles. The quantitative estimate of drug-likeness (QED) is 0.535. The van der Waals surface area contributed by atoms with Crippen molar-refractivity contribution in [2.24, 2.45) is 5.92 Å². The van der Waals surface area contributed by atoms with Crippen LogP contribution in [0.2, 0.25) is 0 Å². The van der Waals surface area contributed by atoms with Crippen LogP contribution in [0.5, 0.6) is 0 Å². The Hall–Kier alpha value is -0.890. The first-order chi connectivity index (χ1) is 8.22. The minimum atomic E-state index is -0.192. The molecule has 17 heavy (non-hydrogen) atoms. The number of halogens is 1. The maximum atomic E-state index is 11.7. The molecule has 0 saturated carbocycles. The summed E-state index contributed by atoms with van der Waals surface area (Å²) in [4.78, 5) is 11.7. The second kappa shape index (κ2) is 5.63. The zero-order chi connectivity index (χ0) is 12.3. The number of carbonyl (C=O) groups is 1. The normalized spacial score (nSPS) is 25.1. The molecule has 0 unspecified atom stereocenters. The molecule has 1 aromatic rings. The van der Waals surface area contributed by atoms with Crippen molar-refractivity contribution < 1.29 is 4.79 Å². The van der Waals surface area contributed by atoms with E-state index >= 15 is 0 Å². The Labute approximate surface area is 115 Å². The first kappa shape index (κ1) is 12.6. The molecule has 1 aliphatic rings. The minimum absolute atomic E-state index is 0.121. The van der Waals surface area contributed by atoms with Crippen molar-refractivity contribution in [1.29, 1.82) is 5.26 Å². The average Bonchev–Trinajstić information content (AvgIpc) is 2.40. The highest BCUT2D eigenvalue weighted by Crippen LogP contribution is 2.37. The number of ketones is 1. The molecule has 2 nitrogen and oxygen atoms in total. The molecule has 0 amide bonds. The van der Waals surface area contributed by atoms with Crippen LogP contribution >= 0.6 is 22.6 Å². The molecule has 0 aliphatic heterocycles. The monoisotopic (exact) mass is 339 g/mol. The molecule has 0 fully saturated rings. The maximum absolute atomic E-state index is 11.7. The summed E-state index contributed by atoms with van der Waals surface area (Å²) in [5.74, 6) is 0.0355. The lowest BCUT2D eigenvalue weighted by Gasteiger charge is -2.17. The lowest BCUT2D eigenvalue weighted by atomic mass is 9.93. The fourth-order valence-electron chi connectivity index (χ4n) is 2.29. The maximum Gasteiger partial charge on any atom is 0.134 e. The van der Waals surface area contributed by atoms with E-state index < -0.39 is 0 Å². The number of aryl methyl sites for hydroxylation is 1. The Kier molecular flexibility index (Phi) is 4.16. The van der Waals surface area contributed by atoms with Gasteiger partial charge >= 0.3 is 0 Å². The van der Waals surface area contributed by atoms with E-state index in [9.17, 15) is 10.1 Å². The van der Waals surface area contributed by atoms with Crippen LogP contribution in [0.4, 0.5) is 0 Å². The van der Waals surface area contributed by atoms with Gasteiger partial charge in [-0.3, -0.25) is 4.79 Å². The van der Waals surface area contributed by atoms with Crippen molar-refractivity contribution >= 4 is 28.4 Å². The summed E-state index contributed by atoms with van der Waals surface area (Å²) in [6.45, 7) is 0. The average molecular weight is 339 g/mol. The smallest absolute Gasteiger partial charge is 0.134 e. The predicted molar refractivity (Wildman–Crippen MR) is 74.9 cm³/mol. The number of nitriles is 1. The molecule has 1 aromatic carbocycles. The molecule has 2 atom stereocenters. The van der Waals surface area contributed by atoms with Gasteiger partial charge in [0, 0.05) is 12.8 Å². The molecule has 0 bridgehead atoms. The van der Waals surface area contributed by atoms with E-state index in [0.717, 1.165) is 12.8 Å². The molecule has 0 aromatic heterocycles. The van der Waals surface area contributed by atoms with E-state index in [-0.39, 0.29) is 15.6 Å². The van der Waals surface area contributed by atoms with Crippen molar-refractivity contribution in [1.82, 2.24) is 0 Å². The number of hydrogen-bond donors (Lipinski definition) is 0. The van der Waals surface area contributed by atoms with E-state index in [1.54, 1.807) is 0 Å². The Morgan fingerprint density at radius 2 is 2.06 bits per heavy atom. The zero-order valence-electron chi connectivity index (χ0n) is 9.53. The van der Waals surface area contributed by atoms with Gasteiger partial charge in [-0.15, -0.1) is 0 Å². The molecular formula is C14H14INO. The first-order valence-corrected chi connectivity index (χ1v) is 7.10. The summed E-state index contributed by atoms with van der Waals surface area (Å²) in [6.07, 6.45) is 2.85. The summed E-state index contributed by atoms with van der Waals surface area (Å²) < 4.78 is 0.121. The van der Waals surface area contributed by atoms with Crippen LogP contribution in [0, 0.1) is 17.2 Å². The number of nitrogens with zero attached hydrogens (tertiary/aromatic N) is 1. The van der Waals surface area contributed by atoms with Crippen molar-refractivity contribution in [3.05, 3.63) is 35.4 Å². The predicted octanol–water partition coefficient (Wildman–Crippen LogP) is 3.60. The Morgan fingerprint density at radius 3 is 2.82 bits per heavy atom. The minimum Gasteiger partial charge on any atom is -0.300 e. The van der Waals surface area contributed by atoms with Crippen molar-refractivity contribution in [3.63, 3.8) is 0 Å². The number of hydrogen-bond acceptors (Lipinski definition) is 2. The van der Waals surface area contributed by atoms with Gasteiger partial charge in [0.15, 0.2) is 0 Å². The van der Waals surface area contributed by atoms with Gasteiger partial charge in [-0.25, -0.2) is 0 Å². The second-order valence-corrected chi connectivity index (χ2v) is 5.77. The van der Waals surface area contributed by atoms with E-state index in [1.807, 2.05) is 12.1 Å². The van der Waals surface area contributed by atoms with Gasteiger partial charge in [0.1, 0.15) is 5.78 Å². The van der Waals surface area contributed by atoms with Gasteiger partial charge in [-0.1, -0.05) is 46.9 Å². The SMILES string of the molecule is N#C[C@H]1CC(=O)CCCc2ccccc2[C@@H]1I. The van der Waals surface area contributed by atoms with Gasteiger partial charge in [-0.05, 0) is 24.0 Å². The largest absolute Gasteiger partial charge is 0.300 e. The highest BCUT2D eigenvalue weighted by atomic mass is 127. The van der Waals surface area contributed by atoms with Gasteiger partial charge in [-0.2, -0.15) is 5.26 Å². The first-order valence-electron chi connectivity index (χ1n) is 5.85. The lowest BCUT2D eigenvalue weighted by molar-refractivity contribution is -0.119. The number of benzene rings is 1. The van der Waals surface area contributed by atoms with E-state index in [1.165, 1.54) is 11.1 Å². The molecule has 0 N–H and O–H groups in total. The van der Waals surface area contributed by atoms with E-state index in [0.29, 0.717) is 12.8 Å². The van der Waals surface area contributed by atoms with Crippen molar-refractivity contribution in [2.45, 2.75) is 29.6 Å². The van der Waals surface area contributed by atoms with E-state index in [2.05, 4.69) is 40.8 Å². The second-order valence-electron chi connectivity index (χ2n) is 4.43. The molecule has 0 spiro atoms. The zero-order valence-corrected chi connectivity index (χ0v) is 11.7. The Morgan fingerprint density at radius 1 is 1.29 bits per heavy atom. The number of fused-ring (bicyclic) bond motifs is 1. The molecule has 2 rings (SSSR count). The number of alkyl halides is 1. The topological polar surface area (TPSA) is 40.9 Å². The van der Waals surface area contributed by atoms with Crippen LogP contribution in [0.15, 0.2) is 24.3 Å². The third-order valence-electron chi connectivity index (χ3n) is 3.22. The van der Waals surface area contributed by atoms with Crippen LogP contribution < -0.4 is 0 Å². The Bertz CT molecular complexity index is 464. The van der Waals surface area contributed by atoms with Crippen LogP contribution in [-0.2, 0) is 11.2 Å². The summed E-state index contributed by atoms with van der Waals surface area (Å²) in [7, 11) is 0. The van der Waals surface area contributed by atoms with Crippen LogP contribution in [0.3, 0.4) is 0 Å². The standard InChI is InChI=1S/C14H14INO/c15-14-11(9-16)8-12(17)6-3-5-10-4-1-2-7-13(10)14/h1-2,4,7,11,14H,3,5-6,8H2/t11-,14-/m1/s1. The third-order valence-corrected chi connectivity index (χ3v) is 4.76. The fourth-order valence-corrected chi connectivity index (χ4v) is 3.31. The Balaban J connectivity index is 2.39. The molecule has 0 radical (unpaired) electrons. The number of rotatable bonds is 0.